The van der Waals surface area contributed by atoms with Crippen molar-refractivity contribution >= 4 is 67.5 Å². The second-order valence-electron chi connectivity index (χ2n) is 19.3. The van der Waals surface area contributed by atoms with Crippen LogP contribution in [0, 0.1) is 11.8 Å². The number of nitrogens with one attached hydrogen (secondary N) is 2. The highest BCUT2D eigenvalue weighted by molar-refractivity contribution is 5.99. The first kappa shape index (κ1) is 51.3. The Hall–Kier alpha value is -7.64. The Bertz CT molecular complexity index is 3230. The van der Waals surface area contributed by atoms with Crippen LogP contribution in [0.3, 0.4) is 0 Å². The van der Waals surface area contributed by atoms with E-state index in [4.69, 9.17) is 9.97 Å². The van der Waals surface area contributed by atoms with Gasteiger partial charge in [0.25, 0.3) is 11.8 Å². The molecule has 2 aliphatic rings. The minimum atomic E-state index is -4.96. The fourth-order valence-corrected chi connectivity index (χ4v) is 10.3. The number of rotatable bonds is 8. The predicted octanol–water partition coefficient (Wildman–Crippen LogP) is 9.49. The van der Waals surface area contributed by atoms with Gasteiger partial charge in [0, 0.05) is 98.4 Å². The van der Waals surface area contributed by atoms with Gasteiger partial charge in [-0.1, -0.05) is 50.2 Å². The first-order valence-corrected chi connectivity index (χ1v) is 24.6. The van der Waals surface area contributed by atoms with Crippen LogP contribution in [0.2, 0.25) is 0 Å². The second kappa shape index (κ2) is 20.0. The number of aromatic nitrogens is 6. The number of carbonyl (C=O) groups is 4. The number of imidazole rings is 2. The van der Waals surface area contributed by atoms with E-state index in [0.717, 1.165) is 69.0 Å². The molecular weight excluding hydrogens is 967 g/mol. The monoisotopic (exact) mass is 1020 g/mol. The van der Waals surface area contributed by atoms with Gasteiger partial charge in [-0.15, -0.1) is 0 Å². The van der Waals surface area contributed by atoms with Crippen molar-refractivity contribution in [2.45, 2.75) is 78.1 Å². The number of likely N-dealkylation sites (tertiary alicyclic amines) is 2. The van der Waals surface area contributed by atoms with E-state index in [1.165, 1.54) is 9.80 Å². The largest absolute Gasteiger partial charge is 0.471 e. The molecule has 0 aliphatic carbocycles. The van der Waals surface area contributed by atoms with E-state index in [2.05, 4.69) is 59.4 Å². The average molecular weight is 1020 g/mol. The molecule has 4 atom stereocenters. The average Bonchev–Trinajstić information content (AvgIpc) is 4.13. The lowest BCUT2D eigenvalue weighted by Crippen LogP contribution is -2.55. The zero-order valence-electron chi connectivity index (χ0n) is 41.7. The number of alkyl halides is 6. The summed E-state index contributed by atoms with van der Waals surface area (Å²) in [7, 11) is 3.87. The number of para-hydroxylation sites is 2. The Morgan fingerprint density at radius 1 is 0.554 bits per heavy atom. The summed E-state index contributed by atoms with van der Waals surface area (Å²) in [6.45, 7) is 10.1. The van der Waals surface area contributed by atoms with E-state index in [1.807, 2.05) is 70.3 Å². The number of aryl methyl sites for hydroxylation is 4. The van der Waals surface area contributed by atoms with Crippen LogP contribution in [0.25, 0.3) is 66.9 Å². The molecule has 0 unspecified atom stereocenters. The molecule has 2 fully saturated rings. The van der Waals surface area contributed by atoms with Gasteiger partial charge in [-0.2, -0.15) is 26.3 Å². The molecule has 4 aromatic carbocycles. The molecule has 4 amide bonds. The topological polar surface area (TPSA) is 144 Å². The maximum Gasteiger partial charge on any atom is 0.471 e. The summed E-state index contributed by atoms with van der Waals surface area (Å²) in [5.74, 6) is -3.36. The van der Waals surface area contributed by atoms with Crippen LogP contribution in [0.1, 0.15) is 61.3 Å². The molecule has 0 saturated carbocycles. The van der Waals surface area contributed by atoms with Crippen molar-refractivity contribution in [3.63, 3.8) is 0 Å². The quantitative estimate of drug-likeness (QED) is 0.145. The molecule has 20 heteroatoms. The minimum Gasteiger partial charge on any atom is -0.343 e. The van der Waals surface area contributed by atoms with Crippen LogP contribution in [0.4, 0.5) is 26.3 Å². The van der Waals surface area contributed by atoms with Gasteiger partial charge in [-0.3, -0.25) is 19.2 Å². The molecule has 4 aromatic heterocycles. The molecule has 0 spiro atoms. The number of benzene rings is 4. The number of fused-ring (bicyclic) bond motifs is 4. The summed E-state index contributed by atoms with van der Waals surface area (Å²) in [5, 5.41) is 6.34. The Kier molecular flexibility index (Phi) is 13.9. The van der Waals surface area contributed by atoms with Crippen LogP contribution >= 0.6 is 0 Å². The standard InChI is InChI=1S/2C27H28F3N5O2/c2*1-4-35-21-8-6-5-7-17(21)14-23(35)24-31-19-13-18(9-10-22(19)33(24)3)25(36)34-12-11-16(2)20(15-34)32-26(37)27(28,29)30/h2*5-10,13-14,16,20H,4,11-12,15H2,1-3H3,(H,32,37)/t16-,20+;16-,20-/m10/s1. The van der Waals surface area contributed by atoms with Crippen LogP contribution in [-0.4, -0.2) is 112 Å². The summed E-state index contributed by atoms with van der Waals surface area (Å²) in [4.78, 5) is 62.3. The van der Waals surface area contributed by atoms with Crippen LogP contribution in [0.5, 0.6) is 0 Å². The second-order valence-corrected chi connectivity index (χ2v) is 19.3. The van der Waals surface area contributed by atoms with Crippen molar-refractivity contribution in [1.82, 2.24) is 48.7 Å². The Morgan fingerprint density at radius 2 is 0.932 bits per heavy atom. The first-order valence-electron chi connectivity index (χ1n) is 24.6. The van der Waals surface area contributed by atoms with Gasteiger partial charge >= 0.3 is 24.2 Å². The van der Waals surface area contributed by atoms with Crippen molar-refractivity contribution in [3.8, 4) is 23.0 Å². The van der Waals surface area contributed by atoms with Crippen molar-refractivity contribution in [2.75, 3.05) is 26.2 Å². The zero-order chi connectivity index (χ0) is 53.0. The lowest BCUT2D eigenvalue weighted by atomic mass is 9.93. The third-order valence-electron chi connectivity index (χ3n) is 14.6. The highest BCUT2D eigenvalue weighted by Crippen LogP contribution is 2.33. The number of halogens is 6. The maximum atomic E-state index is 13.3. The molecule has 10 rings (SSSR count). The predicted molar refractivity (Wildman–Crippen MR) is 270 cm³/mol. The van der Waals surface area contributed by atoms with Gasteiger partial charge in [0.15, 0.2) is 11.6 Å². The van der Waals surface area contributed by atoms with Crippen molar-refractivity contribution in [2.24, 2.45) is 25.9 Å². The summed E-state index contributed by atoms with van der Waals surface area (Å²) in [6.07, 6.45) is -8.94. The molecule has 388 valence electrons. The van der Waals surface area contributed by atoms with E-state index < -0.39 is 36.3 Å². The summed E-state index contributed by atoms with van der Waals surface area (Å²) >= 11 is 0. The number of hydrogen-bond acceptors (Lipinski definition) is 6. The van der Waals surface area contributed by atoms with Crippen molar-refractivity contribution in [3.05, 3.63) is 108 Å². The van der Waals surface area contributed by atoms with Gasteiger partial charge in [-0.05, 0) is 99.2 Å². The van der Waals surface area contributed by atoms with Gasteiger partial charge in [0.05, 0.1) is 33.5 Å². The summed E-state index contributed by atoms with van der Waals surface area (Å²) in [5.41, 5.74) is 8.04. The van der Waals surface area contributed by atoms with Crippen LogP contribution in [-0.2, 0) is 36.8 Å². The zero-order valence-corrected chi connectivity index (χ0v) is 41.7. The molecule has 0 radical (unpaired) electrons. The Balaban J connectivity index is 0.000000182. The smallest absolute Gasteiger partial charge is 0.343 e. The Morgan fingerprint density at radius 3 is 1.30 bits per heavy atom. The molecule has 14 nitrogen and oxygen atoms in total. The van der Waals surface area contributed by atoms with Crippen LogP contribution < -0.4 is 10.6 Å². The highest BCUT2D eigenvalue weighted by atomic mass is 19.4. The van der Waals surface area contributed by atoms with E-state index >= 15 is 0 Å². The third kappa shape index (κ3) is 9.80. The third-order valence-corrected chi connectivity index (χ3v) is 14.6. The molecule has 6 heterocycles. The number of carbonyl (C=O) groups excluding carboxylic acids is 4. The van der Waals surface area contributed by atoms with Gasteiger partial charge in [0.1, 0.15) is 0 Å². The number of piperidine rings is 2. The van der Waals surface area contributed by atoms with Crippen molar-refractivity contribution < 1.29 is 45.5 Å². The van der Waals surface area contributed by atoms with E-state index in [0.29, 0.717) is 48.1 Å². The number of amides is 4. The summed E-state index contributed by atoms with van der Waals surface area (Å²) < 4.78 is 85.0. The minimum absolute atomic E-state index is 0.0178. The lowest BCUT2D eigenvalue weighted by Gasteiger charge is -2.37. The molecule has 2 aliphatic heterocycles. The first-order chi connectivity index (χ1) is 35.2. The maximum absolute atomic E-state index is 13.3. The molecule has 8 aromatic rings. The summed E-state index contributed by atoms with van der Waals surface area (Å²) in [6, 6.07) is 29.5. The number of nitrogens with zero attached hydrogens (tertiary/aromatic N) is 8. The Labute approximate surface area is 421 Å². The highest BCUT2D eigenvalue weighted by Gasteiger charge is 2.43. The molecule has 2 N–H and O–H groups in total. The SMILES string of the molecule is CCn1c(-c2nc3cc(C(=O)N4CC[C@@H](C)[C@@H](NC(=O)C(F)(F)F)C4)ccc3n2C)cc2ccccc21.CCn1c(-c2nc3cc(C(=O)N4CC[C@H](C)[C@@H](NC(=O)C(F)(F)F)C4)ccc3n2C)cc2ccccc21. The van der Waals surface area contributed by atoms with Crippen molar-refractivity contribution in [1.29, 1.82) is 0 Å². The molecule has 74 heavy (non-hydrogen) atoms. The lowest BCUT2D eigenvalue weighted by molar-refractivity contribution is -0.175. The van der Waals surface area contributed by atoms with E-state index in [9.17, 15) is 45.5 Å². The van der Waals surface area contributed by atoms with Gasteiger partial charge in [0.2, 0.25) is 0 Å². The van der Waals surface area contributed by atoms with Gasteiger partial charge < -0.3 is 38.7 Å². The number of hydrogen-bond donors (Lipinski definition) is 2. The van der Waals surface area contributed by atoms with Crippen LogP contribution in [0.15, 0.2) is 97.1 Å². The molecule has 2 saturated heterocycles. The normalized spacial score (nSPS) is 18.5. The van der Waals surface area contributed by atoms with Gasteiger partial charge in [-0.25, -0.2) is 9.97 Å². The van der Waals surface area contributed by atoms with E-state index in [-0.39, 0.29) is 36.7 Å². The fraction of sp³-hybridized carbons (Fsp3) is 0.370. The molecule has 0 bridgehead atoms. The van der Waals surface area contributed by atoms with E-state index in [1.54, 1.807) is 38.1 Å². The molecular formula is C54H56F6N10O4. The fourth-order valence-electron chi connectivity index (χ4n) is 10.3.